The second kappa shape index (κ2) is 6.88. The highest BCUT2D eigenvalue weighted by Gasteiger charge is 2.31. The third kappa shape index (κ3) is 4.22. The predicted molar refractivity (Wildman–Crippen MR) is 75.8 cm³/mol. The molecule has 1 N–H and O–H groups in total. The Hall–Kier alpha value is -0.120. The van der Waals surface area contributed by atoms with E-state index < -0.39 is 0 Å². The van der Waals surface area contributed by atoms with Crippen LogP contribution in [0.2, 0.25) is 0 Å². The van der Waals surface area contributed by atoms with Gasteiger partial charge in [-0.15, -0.1) is 0 Å². The third-order valence-corrected chi connectivity index (χ3v) is 4.32. The summed E-state index contributed by atoms with van der Waals surface area (Å²) < 4.78 is 5.66. The number of nitrogens with zero attached hydrogens (tertiary/aromatic N) is 1. The molecule has 3 heteroatoms. The molecule has 2 fully saturated rings. The van der Waals surface area contributed by atoms with E-state index in [0.29, 0.717) is 12.0 Å². The molecule has 18 heavy (non-hydrogen) atoms. The minimum absolute atomic E-state index is 0.607. The fourth-order valence-corrected chi connectivity index (χ4v) is 2.91. The monoisotopic (exact) mass is 254 g/mol. The van der Waals surface area contributed by atoms with Gasteiger partial charge in [0.1, 0.15) is 0 Å². The number of likely N-dealkylation sites (tertiary alicyclic amines) is 1. The van der Waals surface area contributed by atoms with Crippen LogP contribution in [-0.4, -0.2) is 49.8 Å². The molecule has 0 radical (unpaired) electrons. The van der Waals surface area contributed by atoms with Crippen molar-refractivity contribution in [1.29, 1.82) is 0 Å². The van der Waals surface area contributed by atoms with E-state index in [4.69, 9.17) is 4.74 Å². The normalized spacial score (nSPS) is 27.0. The van der Waals surface area contributed by atoms with Crippen molar-refractivity contribution in [3.8, 4) is 0 Å². The van der Waals surface area contributed by atoms with Crippen LogP contribution in [0.3, 0.4) is 0 Å². The Morgan fingerprint density at radius 2 is 2.06 bits per heavy atom. The number of ether oxygens (including phenoxy) is 1. The van der Waals surface area contributed by atoms with Crippen molar-refractivity contribution in [3.05, 3.63) is 0 Å². The van der Waals surface area contributed by atoms with Crippen LogP contribution in [0.4, 0.5) is 0 Å². The van der Waals surface area contributed by atoms with E-state index in [-0.39, 0.29) is 0 Å². The molecule has 0 aromatic heterocycles. The van der Waals surface area contributed by atoms with Gasteiger partial charge in [0.05, 0.1) is 6.61 Å². The maximum Gasteiger partial charge on any atom is 0.0624 e. The lowest BCUT2D eigenvalue weighted by Crippen LogP contribution is -2.41. The zero-order chi connectivity index (χ0) is 13.0. The molecule has 106 valence electrons. The zero-order valence-corrected chi connectivity index (χ0v) is 12.3. The molecule has 1 aliphatic carbocycles. The predicted octanol–water partition coefficient (Wildman–Crippen LogP) is 2.12. The minimum atomic E-state index is 0.607. The zero-order valence-electron chi connectivity index (χ0n) is 12.3. The van der Waals surface area contributed by atoms with Crippen molar-refractivity contribution in [3.63, 3.8) is 0 Å². The van der Waals surface area contributed by atoms with Crippen LogP contribution in [0, 0.1) is 11.8 Å². The molecule has 2 atom stereocenters. The first kappa shape index (κ1) is 14.3. The first-order valence-corrected chi connectivity index (χ1v) is 7.75. The van der Waals surface area contributed by atoms with Gasteiger partial charge in [-0.05, 0) is 51.1 Å². The van der Waals surface area contributed by atoms with Gasteiger partial charge < -0.3 is 10.1 Å². The summed E-state index contributed by atoms with van der Waals surface area (Å²) >= 11 is 0. The summed E-state index contributed by atoms with van der Waals surface area (Å²) in [5, 5.41) is 3.67. The van der Waals surface area contributed by atoms with Crippen LogP contribution in [0.25, 0.3) is 0 Å². The fourth-order valence-electron chi connectivity index (χ4n) is 2.91. The number of hydrogen-bond acceptors (Lipinski definition) is 3. The number of nitrogens with one attached hydrogen (secondary N) is 1. The molecular formula is C15H30N2O. The van der Waals surface area contributed by atoms with E-state index in [2.05, 4.69) is 31.0 Å². The first-order chi connectivity index (χ1) is 8.70. The van der Waals surface area contributed by atoms with Gasteiger partial charge in [0.2, 0.25) is 0 Å². The molecule has 0 aromatic rings. The molecule has 3 nitrogen and oxygen atoms in total. The average Bonchev–Trinajstić information content (AvgIpc) is 3.06. The highest BCUT2D eigenvalue weighted by molar-refractivity contribution is 4.87. The second-order valence-electron chi connectivity index (χ2n) is 6.30. The Labute approximate surface area is 112 Å². The summed E-state index contributed by atoms with van der Waals surface area (Å²) in [6.45, 7) is 12.2. The van der Waals surface area contributed by atoms with Crippen molar-refractivity contribution in [2.45, 2.75) is 52.1 Å². The van der Waals surface area contributed by atoms with Crippen molar-refractivity contribution in [2.24, 2.45) is 11.8 Å². The van der Waals surface area contributed by atoms with Crippen molar-refractivity contribution in [1.82, 2.24) is 10.2 Å². The third-order valence-electron chi connectivity index (χ3n) is 4.32. The quantitative estimate of drug-likeness (QED) is 0.718. The maximum atomic E-state index is 5.66. The molecule has 0 bridgehead atoms. The van der Waals surface area contributed by atoms with E-state index in [9.17, 15) is 0 Å². The summed E-state index contributed by atoms with van der Waals surface area (Å²) in [7, 11) is 0. The highest BCUT2D eigenvalue weighted by Crippen LogP contribution is 2.24. The molecule has 0 aromatic carbocycles. The molecule has 0 spiro atoms. The van der Waals surface area contributed by atoms with Crippen LogP contribution in [0.15, 0.2) is 0 Å². The summed E-state index contributed by atoms with van der Waals surface area (Å²) in [6, 6.07) is 1.46. The van der Waals surface area contributed by atoms with Gasteiger partial charge in [-0.3, -0.25) is 4.90 Å². The molecule has 1 saturated carbocycles. The Balaban J connectivity index is 1.73. The lowest BCUT2D eigenvalue weighted by Gasteiger charge is -2.31. The Morgan fingerprint density at radius 3 is 2.67 bits per heavy atom. The van der Waals surface area contributed by atoms with E-state index in [1.54, 1.807) is 0 Å². The van der Waals surface area contributed by atoms with Crippen molar-refractivity contribution < 1.29 is 4.74 Å². The van der Waals surface area contributed by atoms with Gasteiger partial charge in [0.25, 0.3) is 0 Å². The molecule has 1 heterocycles. The molecule has 1 saturated heterocycles. The van der Waals surface area contributed by atoms with E-state index in [1.807, 2.05) is 0 Å². The van der Waals surface area contributed by atoms with Crippen LogP contribution in [0.5, 0.6) is 0 Å². The van der Waals surface area contributed by atoms with Gasteiger partial charge in [-0.1, -0.05) is 13.8 Å². The Bertz CT molecular complexity index is 241. The first-order valence-electron chi connectivity index (χ1n) is 7.75. The average molecular weight is 254 g/mol. The van der Waals surface area contributed by atoms with Gasteiger partial charge in [0, 0.05) is 25.2 Å². The van der Waals surface area contributed by atoms with Crippen molar-refractivity contribution in [2.75, 3.05) is 32.8 Å². The van der Waals surface area contributed by atoms with Gasteiger partial charge in [-0.25, -0.2) is 0 Å². The summed E-state index contributed by atoms with van der Waals surface area (Å²) in [5.74, 6) is 1.54. The van der Waals surface area contributed by atoms with Gasteiger partial charge >= 0.3 is 0 Å². The molecule has 0 amide bonds. The minimum Gasteiger partial charge on any atom is -0.380 e. The SMILES string of the molecule is CCOCC(C(C)C)N1CCC(CNC2CC2)C1. The van der Waals surface area contributed by atoms with Crippen LogP contribution >= 0.6 is 0 Å². The standard InChI is InChI=1S/C15H30N2O/c1-4-18-11-15(12(2)3)17-8-7-13(10-17)9-16-14-5-6-14/h12-16H,4-11H2,1-3H3. The van der Waals surface area contributed by atoms with Gasteiger partial charge in [0.15, 0.2) is 0 Å². The summed E-state index contributed by atoms with van der Waals surface area (Å²) in [4.78, 5) is 2.65. The van der Waals surface area contributed by atoms with Crippen LogP contribution in [0.1, 0.15) is 40.0 Å². The maximum absolute atomic E-state index is 5.66. The fraction of sp³-hybridized carbons (Fsp3) is 1.00. The Morgan fingerprint density at radius 1 is 1.28 bits per heavy atom. The second-order valence-corrected chi connectivity index (χ2v) is 6.30. The summed E-state index contributed by atoms with van der Waals surface area (Å²) in [5.41, 5.74) is 0. The molecule has 1 aliphatic heterocycles. The largest absolute Gasteiger partial charge is 0.380 e. The molecule has 2 unspecified atom stereocenters. The van der Waals surface area contributed by atoms with Crippen LogP contribution < -0.4 is 5.32 Å². The van der Waals surface area contributed by atoms with E-state index in [0.717, 1.165) is 25.2 Å². The molecular weight excluding hydrogens is 224 g/mol. The van der Waals surface area contributed by atoms with E-state index >= 15 is 0 Å². The lowest BCUT2D eigenvalue weighted by atomic mass is 10.0. The molecule has 2 aliphatic rings. The Kier molecular flexibility index (Phi) is 5.46. The lowest BCUT2D eigenvalue weighted by molar-refractivity contribution is 0.0540. The highest BCUT2D eigenvalue weighted by atomic mass is 16.5. The number of hydrogen-bond donors (Lipinski definition) is 1. The smallest absolute Gasteiger partial charge is 0.0624 e. The summed E-state index contributed by atoms with van der Waals surface area (Å²) in [6.07, 6.45) is 4.15. The van der Waals surface area contributed by atoms with Gasteiger partial charge in [-0.2, -0.15) is 0 Å². The van der Waals surface area contributed by atoms with Crippen LogP contribution in [-0.2, 0) is 4.74 Å². The van der Waals surface area contributed by atoms with E-state index in [1.165, 1.54) is 38.9 Å². The molecule has 2 rings (SSSR count). The van der Waals surface area contributed by atoms with Crippen molar-refractivity contribution >= 4 is 0 Å². The topological polar surface area (TPSA) is 24.5 Å². The number of rotatable bonds is 8.